The Morgan fingerprint density at radius 2 is 1.84 bits per heavy atom. The number of benzene rings is 1. The molecule has 0 aliphatic heterocycles. The second-order valence-electron chi connectivity index (χ2n) is 7.60. The first-order chi connectivity index (χ1) is 12.0. The number of aryl methyl sites for hydroxylation is 1. The third-order valence-corrected chi connectivity index (χ3v) is 6.56. The summed E-state index contributed by atoms with van der Waals surface area (Å²) in [4.78, 5) is 24.1. The van der Waals surface area contributed by atoms with Crippen molar-refractivity contribution in [2.75, 3.05) is 16.8 Å². The van der Waals surface area contributed by atoms with Crippen LogP contribution in [-0.2, 0) is 9.59 Å². The Labute approximate surface area is 154 Å². The first-order valence-corrected chi connectivity index (χ1v) is 10.4. The smallest absolute Gasteiger partial charge is 0.234 e. The van der Waals surface area contributed by atoms with Crippen molar-refractivity contribution in [3.8, 4) is 0 Å². The van der Waals surface area contributed by atoms with Crippen LogP contribution in [0.1, 0.15) is 38.2 Å². The minimum absolute atomic E-state index is 0.0448. The van der Waals surface area contributed by atoms with Crippen LogP contribution in [0.15, 0.2) is 24.3 Å². The van der Waals surface area contributed by atoms with Gasteiger partial charge in [-0.1, -0.05) is 24.1 Å². The first kappa shape index (κ1) is 18.3. The van der Waals surface area contributed by atoms with Crippen molar-refractivity contribution in [1.82, 2.24) is 5.32 Å². The van der Waals surface area contributed by atoms with Gasteiger partial charge in [0.15, 0.2) is 0 Å². The zero-order valence-electron chi connectivity index (χ0n) is 15.1. The van der Waals surface area contributed by atoms with Crippen LogP contribution in [0.2, 0.25) is 0 Å². The van der Waals surface area contributed by atoms with Gasteiger partial charge in [0, 0.05) is 11.7 Å². The summed E-state index contributed by atoms with van der Waals surface area (Å²) in [5.41, 5.74) is 1.96. The maximum Gasteiger partial charge on any atom is 0.234 e. The molecular formula is C20H28N2O2S. The summed E-state index contributed by atoms with van der Waals surface area (Å²) in [6.07, 6.45) is 5.36. The summed E-state index contributed by atoms with van der Waals surface area (Å²) in [5, 5.41) is 6.00. The van der Waals surface area contributed by atoms with Gasteiger partial charge < -0.3 is 10.6 Å². The Bertz CT molecular complexity index is 617. The van der Waals surface area contributed by atoms with Crippen LogP contribution in [-0.4, -0.2) is 29.4 Å². The molecule has 2 N–H and O–H groups in total. The van der Waals surface area contributed by atoms with E-state index in [9.17, 15) is 9.59 Å². The molecule has 0 heterocycles. The minimum atomic E-state index is -0.0668. The van der Waals surface area contributed by atoms with Gasteiger partial charge in [-0.25, -0.2) is 0 Å². The quantitative estimate of drug-likeness (QED) is 0.781. The zero-order valence-corrected chi connectivity index (χ0v) is 15.9. The Hall–Kier alpha value is -1.49. The van der Waals surface area contributed by atoms with Crippen LogP contribution in [0.3, 0.4) is 0 Å². The standard InChI is InChI=1S/C20H28N2O2S/c1-13-3-7-17(8-4-13)22-20(24)12-25-11-19(23)21-14(2)18-10-15-5-6-16(18)9-15/h3-4,7-8,14-16,18H,5-6,9-12H2,1-2H3,(H,21,23)(H,22,24). The van der Waals surface area contributed by atoms with E-state index in [0.717, 1.165) is 23.1 Å². The number of fused-ring (bicyclic) bond motifs is 2. The van der Waals surface area contributed by atoms with E-state index in [0.29, 0.717) is 17.4 Å². The number of carbonyl (C=O) groups is 2. The zero-order chi connectivity index (χ0) is 17.8. The van der Waals surface area contributed by atoms with Crippen LogP contribution < -0.4 is 10.6 Å². The van der Waals surface area contributed by atoms with Crippen LogP contribution >= 0.6 is 11.8 Å². The van der Waals surface area contributed by atoms with Crippen molar-refractivity contribution in [3.05, 3.63) is 29.8 Å². The van der Waals surface area contributed by atoms with Crippen LogP contribution in [0.5, 0.6) is 0 Å². The molecule has 2 aliphatic carbocycles. The van der Waals surface area contributed by atoms with Gasteiger partial charge in [0.05, 0.1) is 11.5 Å². The van der Waals surface area contributed by atoms with Crippen molar-refractivity contribution in [3.63, 3.8) is 0 Å². The molecule has 0 radical (unpaired) electrons. The number of rotatable bonds is 7. The first-order valence-electron chi connectivity index (χ1n) is 9.25. The summed E-state index contributed by atoms with van der Waals surface area (Å²) < 4.78 is 0. The maximum absolute atomic E-state index is 12.1. The number of hydrogen-bond donors (Lipinski definition) is 2. The lowest BCUT2D eigenvalue weighted by Gasteiger charge is -2.28. The largest absolute Gasteiger partial charge is 0.353 e. The SMILES string of the molecule is Cc1ccc(NC(=O)CSCC(=O)NC(C)C2CC3CCC2C3)cc1. The van der Waals surface area contributed by atoms with Crippen molar-refractivity contribution >= 4 is 29.3 Å². The molecule has 2 amide bonds. The Kier molecular flexibility index (Phi) is 6.05. The molecule has 3 rings (SSSR count). The third-order valence-electron chi connectivity index (χ3n) is 5.63. The molecule has 1 aromatic carbocycles. The van der Waals surface area contributed by atoms with Gasteiger partial charge in [0.25, 0.3) is 0 Å². The molecular weight excluding hydrogens is 332 g/mol. The fourth-order valence-corrected chi connectivity index (χ4v) is 5.01. The van der Waals surface area contributed by atoms with Crippen LogP contribution in [0.4, 0.5) is 5.69 Å². The maximum atomic E-state index is 12.1. The predicted molar refractivity (Wildman–Crippen MR) is 104 cm³/mol. The van der Waals surface area contributed by atoms with Crippen LogP contribution in [0, 0.1) is 24.7 Å². The van der Waals surface area contributed by atoms with Gasteiger partial charge in [-0.2, -0.15) is 0 Å². The Morgan fingerprint density at radius 1 is 1.12 bits per heavy atom. The highest BCUT2D eigenvalue weighted by molar-refractivity contribution is 8.00. The molecule has 2 fully saturated rings. The van der Waals surface area contributed by atoms with Crippen molar-refractivity contribution < 1.29 is 9.59 Å². The van der Waals surface area contributed by atoms with E-state index in [4.69, 9.17) is 0 Å². The Balaban J connectivity index is 1.33. The molecule has 136 valence electrons. The molecule has 25 heavy (non-hydrogen) atoms. The van der Waals surface area contributed by atoms with Gasteiger partial charge in [-0.15, -0.1) is 11.8 Å². The van der Waals surface area contributed by atoms with E-state index in [1.807, 2.05) is 31.2 Å². The fourth-order valence-electron chi connectivity index (χ4n) is 4.38. The molecule has 1 aromatic rings. The van der Waals surface area contributed by atoms with Gasteiger partial charge in [0.1, 0.15) is 0 Å². The summed E-state index contributed by atoms with van der Waals surface area (Å²) in [6.45, 7) is 4.15. The van der Waals surface area contributed by atoms with E-state index in [1.54, 1.807) is 0 Å². The molecule has 2 saturated carbocycles. The highest BCUT2D eigenvalue weighted by atomic mass is 32.2. The molecule has 4 atom stereocenters. The summed E-state index contributed by atoms with van der Waals surface area (Å²) in [7, 11) is 0. The molecule has 2 aliphatic rings. The van der Waals surface area contributed by atoms with Gasteiger partial charge >= 0.3 is 0 Å². The number of thioether (sulfide) groups is 1. The fraction of sp³-hybridized carbons (Fsp3) is 0.600. The lowest BCUT2D eigenvalue weighted by Crippen LogP contribution is -2.41. The lowest BCUT2D eigenvalue weighted by atomic mass is 9.84. The topological polar surface area (TPSA) is 58.2 Å². The van der Waals surface area contributed by atoms with E-state index < -0.39 is 0 Å². The van der Waals surface area contributed by atoms with Crippen molar-refractivity contribution in [2.24, 2.45) is 17.8 Å². The Morgan fingerprint density at radius 3 is 2.48 bits per heavy atom. The number of anilines is 1. The lowest BCUT2D eigenvalue weighted by molar-refractivity contribution is -0.119. The second-order valence-corrected chi connectivity index (χ2v) is 8.59. The number of nitrogens with one attached hydrogen (secondary N) is 2. The van der Waals surface area contributed by atoms with Crippen LogP contribution in [0.25, 0.3) is 0 Å². The molecule has 2 bridgehead atoms. The van der Waals surface area contributed by atoms with E-state index >= 15 is 0 Å². The number of carbonyl (C=O) groups excluding carboxylic acids is 2. The molecule has 0 aromatic heterocycles. The van der Waals surface area contributed by atoms with Crippen molar-refractivity contribution in [2.45, 2.75) is 45.6 Å². The average molecular weight is 361 g/mol. The molecule has 0 saturated heterocycles. The molecule has 4 unspecified atom stereocenters. The monoisotopic (exact) mass is 360 g/mol. The van der Waals surface area contributed by atoms with Gasteiger partial charge in [-0.3, -0.25) is 9.59 Å². The molecule has 0 spiro atoms. The molecule has 5 heteroatoms. The summed E-state index contributed by atoms with van der Waals surface area (Å²) >= 11 is 1.37. The normalized spacial score (nSPS) is 25.6. The molecule has 4 nitrogen and oxygen atoms in total. The van der Waals surface area contributed by atoms with E-state index in [2.05, 4.69) is 17.6 Å². The minimum Gasteiger partial charge on any atom is -0.353 e. The number of hydrogen-bond acceptors (Lipinski definition) is 3. The average Bonchev–Trinajstić information content (AvgIpc) is 3.20. The third kappa shape index (κ3) is 5.00. The predicted octanol–water partition coefficient (Wildman–Crippen LogP) is 3.61. The van der Waals surface area contributed by atoms with Gasteiger partial charge in [-0.05, 0) is 63.0 Å². The highest BCUT2D eigenvalue weighted by Crippen LogP contribution is 2.49. The van der Waals surface area contributed by atoms with Crippen molar-refractivity contribution in [1.29, 1.82) is 0 Å². The summed E-state index contributed by atoms with van der Waals surface area (Å²) in [5.74, 6) is 2.97. The van der Waals surface area contributed by atoms with E-state index in [1.165, 1.54) is 37.4 Å². The van der Waals surface area contributed by atoms with Gasteiger partial charge in [0.2, 0.25) is 11.8 Å². The number of amides is 2. The second kappa shape index (κ2) is 8.26. The summed E-state index contributed by atoms with van der Waals surface area (Å²) in [6, 6.07) is 7.97. The highest BCUT2D eigenvalue weighted by Gasteiger charge is 2.42. The van der Waals surface area contributed by atoms with E-state index in [-0.39, 0.29) is 17.9 Å².